The van der Waals surface area contributed by atoms with Crippen molar-refractivity contribution in [2.24, 2.45) is 0 Å². The van der Waals surface area contributed by atoms with Gasteiger partial charge in [0, 0.05) is 0 Å². The van der Waals surface area contributed by atoms with Crippen LogP contribution in [0.2, 0.25) is 0 Å². The number of epoxide rings is 1. The van der Waals surface area contributed by atoms with Crippen LogP contribution in [-0.4, -0.2) is 36.7 Å². The quantitative estimate of drug-likeness (QED) is 0.285. The Morgan fingerprint density at radius 3 is 1.92 bits per heavy atom. The van der Waals surface area contributed by atoms with Crippen LogP contribution in [0.15, 0.2) is 0 Å². The largest absolute Gasteiger partial charge is 1.00 e. The first kappa shape index (κ1) is 15.3. The van der Waals surface area contributed by atoms with Gasteiger partial charge in [0.15, 0.2) is 0 Å². The van der Waals surface area contributed by atoms with Gasteiger partial charge >= 0.3 is 29.6 Å². The van der Waals surface area contributed by atoms with Crippen molar-refractivity contribution in [3.8, 4) is 0 Å². The molecule has 0 aromatic rings. The third-order valence-electron chi connectivity index (χ3n) is 0.887. The molecule has 1 aliphatic rings. The van der Waals surface area contributed by atoms with Gasteiger partial charge in [0.2, 0.25) is 0 Å². The molecule has 1 unspecified atom stereocenters. The van der Waals surface area contributed by atoms with E-state index in [-0.39, 0.29) is 36.0 Å². The van der Waals surface area contributed by atoms with Gasteiger partial charge in [-0.05, 0) is 6.42 Å². The van der Waals surface area contributed by atoms with Gasteiger partial charge in [-0.25, -0.2) is 8.42 Å². The van der Waals surface area contributed by atoms with E-state index >= 15 is 0 Å². The molecular weight excluding hydrogens is 195 g/mol. The second-order valence-electron chi connectivity index (χ2n) is 1.97. The Hall–Kier alpha value is 0.830. The molecule has 0 aliphatic carbocycles. The van der Waals surface area contributed by atoms with E-state index in [4.69, 9.17) is 5.11 Å². The summed E-state index contributed by atoms with van der Waals surface area (Å²) in [5.41, 5.74) is -1.73. The van der Waals surface area contributed by atoms with Crippen LogP contribution >= 0.6 is 0 Å². The van der Waals surface area contributed by atoms with Crippen molar-refractivity contribution >= 4 is 10.1 Å². The molecule has 1 saturated heterocycles. The summed E-state index contributed by atoms with van der Waals surface area (Å²) in [4.78, 5) is 0. The fourth-order valence-electron chi connectivity index (χ4n) is 0.204. The van der Waals surface area contributed by atoms with Crippen LogP contribution in [-0.2, 0) is 14.9 Å². The maximum Gasteiger partial charge on any atom is 1.00 e. The van der Waals surface area contributed by atoms with Gasteiger partial charge in [0.25, 0.3) is 0 Å². The summed E-state index contributed by atoms with van der Waals surface area (Å²) >= 11 is 0. The predicted octanol–water partition coefficient (Wildman–Crippen LogP) is -3.72. The van der Waals surface area contributed by atoms with Gasteiger partial charge in [0.1, 0.15) is 15.6 Å². The molecule has 7 heteroatoms. The zero-order valence-corrected chi connectivity index (χ0v) is 10.0. The Balaban J connectivity index is 0. The second kappa shape index (κ2) is 7.25. The Bertz CT molecular complexity index is 185. The molecule has 0 spiro atoms. The first-order valence-corrected chi connectivity index (χ1v) is 4.66. The number of hydrogen-bond donors (Lipinski definition) is 1. The minimum Gasteiger partial charge on any atom is -0.746 e. The van der Waals surface area contributed by atoms with Crippen molar-refractivity contribution in [3.05, 3.63) is 0 Å². The van der Waals surface area contributed by atoms with E-state index in [1.165, 1.54) is 6.92 Å². The summed E-state index contributed by atoms with van der Waals surface area (Å²) in [6.45, 7) is 3.42. The van der Waals surface area contributed by atoms with Gasteiger partial charge in [0.05, 0.1) is 13.2 Å². The number of hydrogen-bond acceptors (Lipinski definition) is 5. The van der Waals surface area contributed by atoms with Crippen molar-refractivity contribution in [1.29, 1.82) is 0 Å². The normalized spacial score (nSPS) is 16.6. The van der Waals surface area contributed by atoms with Crippen LogP contribution in [0.4, 0.5) is 0 Å². The topological polar surface area (TPSA) is 90.0 Å². The molecule has 1 fully saturated rings. The number of aliphatic hydroxyl groups excluding tert-OH is 1. The summed E-state index contributed by atoms with van der Waals surface area (Å²) in [6.07, 6.45) is -0.0498. The number of ether oxygens (including phenoxy) is 1. The average molecular weight is 206 g/mol. The van der Waals surface area contributed by atoms with Crippen molar-refractivity contribution in [1.82, 2.24) is 0 Å². The molecule has 1 rings (SSSR count). The smallest absolute Gasteiger partial charge is 0.746 e. The van der Waals surface area contributed by atoms with Crippen LogP contribution in [0.3, 0.4) is 0 Å². The molecular formula is C5H11NaO5S. The van der Waals surface area contributed by atoms with Gasteiger partial charge in [-0.1, -0.05) is 6.92 Å². The molecule has 1 atom stereocenters. The van der Waals surface area contributed by atoms with Crippen molar-refractivity contribution in [2.75, 3.05) is 13.2 Å². The van der Waals surface area contributed by atoms with E-state index in [0.29, 0.717) is 0 Å². The monoisotopic (exact) mass is 206 g/mol. The Kier molecular flexibility index (Phi) is 9.25. The van der Waals surface area contributed by atoms with Crippen molar-refractivity contribution in [2.45, 2.75) is 18.8 Å². The summed E-state index contributed by atoms with van der Waals surface area (Å²) in [7, 11) is -4.45. The third-order valence-corrected chi connectivity index (χ3v) is 1.89. The molecule has 0 amide bonds. The number of rotatable bonds is 2. The average Bonchev–Trinajstić information content (AvgIpc) is 2.67. The molecule has 12 heavy (non-hydrogen) atoms. The molecule has 5 nitrogen and oxygen atoms in total. The zero-order chi connectivity index (χ0) is 8.91. The van der Waals surface area contributed by atoms with E-state index in [1.807, 2.05) is 0 Å². The molecule has 0 radical (unpaired) electrons. The molecule has 68 valence electrons. The Morgan fingerprint density at radius 2 is 1.92 bits per heavy atom. The van der Waals surface area contributed by atoms with E-state index in [1.54, 1.807) is 0 Å². The molecule has 0 bridgehead atoms. The minimum atomic E-state index is -4.45. The first-order valence-electron chi connectivity index (χ1n) is 3.19. The summed E-state index contributed by atoms with van der Waals surface area (Å²) < 4.78 is 33.8. The third kappa shape index (κ3) is 10.8. The van der Waals surface area contributed by atoms with Crippen LogP contribution in [0, 0.1) is 0 Å². The SMILES string of the molecule is C1CO1.CCC(O)S(=O)(=O)[O-].[Na+]. The van der Waals surface area contributed by atoms with E-state index in [9.17, 15) is 13.0 Å². The van der Waals surface area contributed by atoms with Gasteiger partial charge in [-0.3, -0.25) is 0 Å². The number of aliphatic hydroxyl groups is 1. The molecule has 1 aliphatic heterocycles. The fraction of sp³-hybridized carbons (Fsp3) is 1.00. The van der Waals surface area contributed by atoms with Crippen LogP contribution in [0.1, 0.15) is 13.3 Å². The van der Waals surface area contributed by atoms with E-state index < -0.39 is 15.6 Å². The first-order chi connectivity index (χ1) is 4.98. The van der Waals surface area contributed by atoms with Gasteiger partial charge in [-0.2, -0.15) is 0 Å². The second-order valence-corrected chi connectivity index (χ2v) is 3.50. The van der Waals surface area contributed by atoms with Gasteiger partial charge < -0.3 is 14.4 Å². The molecule has 0 aromatic heterocycles. The zero-order valence-electron chi connectivity index (χ0n) is 7.19. The predicted molar refractivity (Wildman–Crippen MR) is 36.8 cm³/mol. The fourth-order valence-corrected chi connectivity index (χ4v) is 0.612. The standard InChI is InChI=1S/C3H8O4S.C2H4O.Na/c1-2-3(4)8(5,6)7;1-2-3-1;/h3-4H,2H2,1H3,(H,5,6,7);1-2H2;/q;;+1/p-1. The summed E-state index contributed by atoms with van der Waals surface area (Å²) in [6, 6.07) is 0. The van der Waals surface area contributed by atoms with Gasteiger partial charge in [-0.15, -0.1) is 0 Å². The van der Waals surface area contributed by atoms with Crippen molar-refractivity contribution < 1.29 is 52.4 Å². The van der Waals surface area contributed by atoms with E-state index in [0.717, 1.165) is 13.2 Å². The summed E-state index contributed by atoms with van der Waals surface area (Å²) in [5.74, 6) is 0. The van der Waals surface area contributed by atoms with Crippen LogP contribution < -0.4 is 29.6 Å². The summed E-state index contributed by atoms with van der Waals surface area (Å²) in [5, 5.41) is 8.29. The maximum absolute atomic E-state index is 9.76. The Morgan fingerprint density at radius 1 is 1.58 bits per heavy atom. The van der Waals surface area contributed by atoms with E-state index in [2.05, 4.69) is 4.74 Å². The van der Waals surface area contributed by atoms with Crippen molar-refractivity contribution in [3.63, 3.8) is 0 Å². The minimum absolute atomic E-state index is 0. The Labute approximate surface area is 94.1 Å². The maximum atomic E-state index is 9.76. The molecule has 1 N–H and O–H groups in total. The van der Waals surface area contributed by atoms with Crippen LogP contribution in [0.5, 0.6) is 0 Å². The molecule has 0 saturated carbocycles. The van der Waals surface area contributed by atoms with Crippen LogP contribution in [0.25, 0.3) is 0 Å². The molecule has 1 heterocycles. The molecule has 0 aromatic carbocycles.